The Labute approximate surface area is 76.2 Å². The molecule has 1 aliphatic rings. The third kappa shape index (κ3) is 3.06. The average Bonchev–Trinajstić information content (AvgIpc) is 2.07. The van der Waals surface area contributed by atoms with Crippen molar-refractivity contribution in [2.75, 3.05) is 5.75 Å². The molecule has 0 N–H and O–H groups in total. The number of hydrogen-bond donors (Lipinski definition) is 1. The van der Waals surface area contributed by atoms with Gasteiger partial charge in [0.05, 0.1) is 0 Å². The van der Waals surface area contributed by atoms with Crippen molar-refractivity contribution in [3.8, 4) is 0 Å². The lowest BCUT2D eigenvalue weighted by Gasteiger charge is -2.27. The van der Waals surface area contributed by atoms with E-state index in [9.17, 15) is 0 Å². The zero-order chi connectivity index (χ0) is 8.10. The van der Waals surface area contributed by atoms with Crippen molar-refractivity contribution < 1.29 is 0 Å². The van der Waals surface area contributed by atoms with E-state index in [0.29, 0.717) is 0 Å². The zero-order valence-electron chi connectivity index (χ0n) is 7.55. The first-order valence-corrected chi connectivity index (χ1v) is 5.58. The van der Waals surface area contributed by atoms with Crippen LogP contribution in [0.2, 0.25) is 0 Å². The molecular weight excluding hydrogens is 152 g/mol. The van der Waals surface area contributed by atoms with Crippen LogP contribution in [-0.2, 0) is 0 Å². The van der Waals surface area contributed by atoms with E-state index in [4.69, 9.17) is 0 Å². The van der Waals surface area contributed by atoms with Gasteiger partial charge in [0.2, 0.25) is 0 Å². The topological polar surface area (TPSA) is 0 Å². The van der Waals surface area contributed by atoms with Crippen molar-refractivity contribution in [2.24, 2.45) is 11.8 Å². The van der Waals surface area contributed by atoms with Gasteiger partial charge in [-0.05, 0) is 24.0 Å². The number of hydrogen-bond acceptors (Lipinski definition) is 1. The van der Waals surface area contributed by atoms with Gasteiger partial charge in [-0.25, -0.2) is 0 Å². The second-order valence-corrected chi connectivity index (χ2v) is 4.33. The van der Waals surface area contributed by atoms with Crippen LogP contribution in [-0.4, -0.2) is 5.75 Å². The summed E-state index contributed by atoms with van der Waals surface area (Å²) in [6.07, 6.45) is 8.70. The lowest BCUT2D eigenvalue weighted by Crippen LogP contribution is -2.15. The molecule has 1 rings (SSSR count). The second-order valence-electron chi connectivity index (χ2n) is 3.89. The maximum Gasteiger partial charge on any atom is -0.00953 e. The van der Waals surface area contributed by atoms with E-state index < -0.39 is 0 Å². The molecule has 1 unspecified atom stereocenters. The summed E-state index contributed by atoms with van der Waals surface area (Å²) in [5, 5.41) is 0. The molecule has 1 heteroatoms. The van der Waals surface area contributed by atoms with Crippen LogP contribution in [0.25, 0.3) is 0 Å². The van der Waals surface area contributed by atoms with Crippen molar-refractivity contribution in [2.45, 2.75) is 45.4 Å². The molecule has 11 heavy (non-hydrogen) atoms. The van der Waals surface area contributed by atoms with Crippen molar-refractivity contribution >= 4 is 12.6 Å². The predicted octanol–water partition coefficient (Wildman–Crippen LogP) is 3.52. The van der Waals surface area contributed by atoms with Gasteiger partial charge in [-0.15, -0.1) is 0 Å². The van der Waals surface area contributed by atoms with Gasteiger partial charge in [0.25, 0.3) is 0 Å². The van der Waals surface area contributed by atoms with E-state index >= 15 is 0 Å². The largest absolute Gasteiger partial charge is 0.179 e. The summed E-state index contributed by atoms with van der Waals surface area (Å²) in [4.78, 5) is 0. The molecule has 0 saturated heterocycles. The summed E-state index contributed by atoms with van der Waals surface area (Å²) in [7, 11) is 0. The van der Waals surface area contributed by atoms with E-state index in [2.05, 4.69) is 19.6 Å². The summed E-state index contributed by atoms with van der Waals surface area (Å²) < 4.78 is 0. The second kappa shape index (κ2) is 5.08. The van der Waals surface area contributed by atoms with Crippen LogP contribution < -0.4 is 0 Å². The summed E-state index contributed by atoms with van der Waals surface area (Å²) >= 11 is 4.28. The Kier molecular flexibility index (Phi) is 4.36. The van der Waals surface area contributed by atoms with E-state index in [-0.39, 0.29) is 0 Å². The lowest BCUT2D eigenvalue weighted by molar-refractivity contribution is 0.259. The molecule has 0 aliphatic heterocycles. The maximum atomic E-state index is 4.28. The van der Waals surface area contributed by atoms with E-state index in [1.807, 2.05) is 0 Å². The van der Waals surface area contributed by atoms with Gasteiger partial charge in [0, 0.05) is 0 Å². The predicted molar refractivity (Wildman–Crippen MR) is 54.2 cm³/mol. The van der Waals surface area contributed by atoms with Crippen molar-refractivity contribution in [3.63, 3.8) is 0 Å². The fraction of sp³-hybridized carbons (Fsp3) is 1.00. The molecule has 0 heterocycles. The monoisotopic (exact) mass is 172 g/mol. The van der Waals surface area contributed by atoms with Crippen LogP contribution in [0.5, 0.6) is 0 Å². The fourth-order valence-corrected chi connectivity index (χ4v) is 2.55. The maximum absolute atomic E-state index is 4.28. The summed E-state index contributed by atoms with van der Waals surface area (Å²) in [5.41, 5.74) is 0. The Balaban J connectivity index is 2.21. The van der Waals surface area contributed by atoms with Crippen molar-refractivity contribution in [1.29, 1.82) is 0 Å². The fourth-order valence-electron chi connectivity index (χ4n) is 2.14. The first-order chi connectivity index (χ1) is 5.34. The average molecular weight is 172 g/mol. The molecule has 1 atom stereocenters. The van der Waals surface area contributed by atoms with Gasteiger partial charge in [-0.2, -0.15) is 12.6 Å². The minimum atomic E-state index is 0.924. The normalized spacial score (nSPS) is 23.5. The Morgan fingerprint density at radius 2 is 1.91 bits per heavy atom. The van der Waals surface area contributed by atoms with E-state index in [0.717, 1.165) is 17.6 Å². The molecule has 1 fully saturated rings. The van der Waals surface area contributed by atoms with Gasteiger partial charge in [0.1, 0.15) is 0 Å². The molecule has 0 spiro atoms. The Morgan fingerprint density at radius 1 is 1.27 bits per heavy atom. The molecular formula is C10H20S. The van der Waals surface area contributed by atoms with Gasteiger partial charge in [-0.1, -0.05) is 39.0 Å². The molecule has 0 aromatic heterocycles. The highest BCUT2D eigenvalue weighted by Crippen LogP contribution is 2.31. The Hall–Kier alpha value is 0.350. The van der Waals surface area contributed by atoms with E-state index in [1.54, 1.807) is 0 Å². The molecule has 0 aromatic carbocycles. The van der Waals surface area contributed by atoms with Crippen LogP contribution >= 0.6 is 12.6 Å². The molecule has 0 nitrogen and oxygen atoms in total. The highest BCUT2D eigenvalue weighted by Gasteiger charge is 2.18. The first-order valence-electron chi connectivity index (χ1n) is 4.95. The molecule has 1 saturated carbocycles. The van der Waals surface area contributed by atoms with Gasteiger partial charge < -0.3 is 0 Å². The third-order valence-corrected chi connectivity index (χ3v) is 3.30. The molecule has 0 aromatic rings. The van der Waals surface area contributed by atoms with Crippen LogP contribution in [0.15, 0.2) is 0 Å². The van der Waals surface area contributed by atoms with Crippen LogP contribution in [0.4, 0.5) is 0 Å². The minimum Gasteiger partial charge on any atom is -0.179 e. The number of rotatable bonds is 3. The van der Waals surface area contributed by atoms with E-state index in [1.165, 1.54) is 38.5 Å². The van der Waals surface area contributed by atoms with Gasteiger partial charge in [0.15, 0.2) is 0 Å². The summed E-state index contributed by atoms with van der Waals surface area (Å²) in [6.45, 7) is 2.40. The molecule has 0 amide bonds. The molecule has 1 aliphatic carbocycles. The lowest BCUT2D eigenvalue weighted by atomic mass is 9.80. The van der Waals surface area contributed by atoms with Gasteiger partial charge in [-0.3, -0.25) is 0 Å². The summed E-state index contributed by atoms with van der Waals surface area (Å²) in [6, 6.07) is 0. The van der Waals surface area contributed by atoms with Crippen LogP contribution in [0.3, 0.4) is 0 Å². The minimum absolute atomic E-state index is 0.924. The van der Waals surface area contributed by atoms with Crippen LogP contribution in [0, 0.1) is 11.8 Å². The smallest absolute Gasteiger partial charge is 0.00953 e. The summed E-state index contributed by atoms with van der Waals surface area (Å²) in [5.74, 6) is 3.01. The van der Waals surface area contributed by atoms with Crippen molar-refractivity contribution in [3.05, 3.63) is 0 Å². The first kappa shape index (κ1) is 9.44. The quantitative estimate of drug-likeness (QED) is 0.619. The highest BCUT2D eigenvalue weighted by atomic mass is 32.1. The van der Waals surface area contributed by atoms with Gasteiger partial charge >= 0.3 is 0 Å². The highest BCUT2D eigenvalue weighted by molar-refractivity contribution is 7.80. The standard InChI is InChI=1S/C10H20S/c1-9(7-8-11)10-5-3-2-4-6-10/h9-11H,2-8H2,1H3. The third-order valence-electron chi connectivity index (χ3n) is 3.04. The van der Waals surface area contributed by atoms with Crippen molar-refractivity contribution in [1.82, 2.24) is 0 Å². The number of thiol groups is 1. The molecule has 66 valence electrons. The SMILES string of the molecule is CC(CCS)C1CCCCC1. The van der Waals surface area contributed by atoms with Crippen LogP contribution in [0.1, 0.15) is 45.4 Å². The Bertz CT molecular complexity index is 95.0. The molecule has 0 radical (unpaired) electrons. The molecule has 0 bridgehead atoms. The Morgan fingerprint density at radius 3 is 2.45 bits per heavy atom. The zero-order valence-corrected chi connectivity index (χ0v) is 8.45.